The van der Waals surface area contributed by atoms with Crippen LogP contribution in [0.2, 0.25) is 5.02 Å². The third kappa shape index (κ3) is 3.38. The van der Waals surface area contributed by atoms with Crippen molar-refractivity contribution in [3.05, 3.63) is 77.1 Å². The molecule has 1 atom stereocenters. The SMILES string of the molecule is CN1C(C23CC(C2)C3)CN(c2ccccc2)c2cc(Cl)c(-c3ccc(F)c(C(=O)O)c3)cc2S1(=O)=O. The normalized spacial score (nSPS) is 26.4. The van der Waals surface area contributed by atoms with Crippen molar-refractivity contribution in [3.63, 3.8) is 0 Å². The first-order valence-electron chi connectivity index (χ1n) is 11.8. The van der Waals surface area contributed by atoms with Gasteiger partial charge in [-0.25, -0.2) is 17.6 Å². The smallest absolute Gasteiger partial charge is 0.338 e. The fraction of sp³-hybridized carbons (Fsp3) is 0.296. The van der Waals surface area contributed by atoms with Crippen LogP contribution in [0.5, 0.6) is 0 Å². The summed E-state index contributed by atoms with van der Waals surface area (Å²) in [6.07, 6.45) is 3.11. The molecule has 0 spiro atoms. The molecule has 36 heavy (non-hydrogen) atoms. The average Bonchev–Trinajstić information content (AvgIpc) is 2.86. The number of fused-ring (bicyclic) bond motifs is 1. The molecule has 6 nitrogen and oxygen atoms in total. The summed E-state index contributed by atoms with van der Waals surface area (Å²) in [6, 6.07) is 16.2. The Morgan fingerprint density at radius 2 is 1.78 bits per heavy atom. The molecule has 3 saturated carbocycles. The van der Waals surface area contributed by atoms with Crippen LogP contribution in [0, 0.1) is 17.2 Å². The van der Waals surface area contributed by atoms with E-state index in [0.717, 1.165) is 31.0 Å². The van der Waals surface area contributed by atoms with Crippen LogP contribution < -0.4 is 4.90 Å². The van der Waals surface area contributed by atoms with Crippen LogP contribution >= 0.6 is 11.6 Å². The van der Waals surface area contributed by atoms with Crippen LogP contribution in [0.4, 0.5) is 15.8 Å². The van der Waals surface area contributed by atoms with Gasteiger partial charge in [-0.3, -0.25) is 0 Å². The van der Waals surface area contributed by atoms with E-state index >= 15 is 0 Å². The highest BCUT2D eigenvalue weighted by atomic mass is 35.5. The van der Waals surface area contributed by atoms with Crippen molar-refractivity contribution in [1.29, 1.82) is 0 Å². The van der Waals surface area contributed by atoms with E-state index < -0.39 is 27.4 Å². The molecular formula is C27H24ClFN2O4S. The Labute approximate surface area is 214 Å². The second-order valence-electron chi connectivity index (χ2n) is 10.1. The molecule has 3 aliphatic carbocycles. The number of rotatable bonds is 4. The van der Waals surface area contributed by atoms with E-state index in [0.29, 0.717) is 29.3 Å². The van der Waals surface area contributed by atoms with E-state index in [1.54, 1.807) is 13.1 Å². The Balaban J connectivity index is 1.56. The zero-order valence-corrected chi connectivity index (χ0v) is 21.1. The monoisotopic (exact) mass is 526 g/mol. The highest BCUT2D eigenvalue weighted by Crippen LogP contribution is 2.67. The van der Waals surface area contributed by atoms with Crippen molar-refractivity contribution in [2.75, 3.05) is 18.5 Å². The first-order chi connectivity index (χ1) is 17.1. The van der Waals surface area contributed by atoms with Gasteiger partial charge in [0, 0.05) is 30.9 Å². The van der Waals surface area contributed by atoms with Crippen LogP contribution in [0.15, 0.2) is 65.6 Å². The molecule has 1 N–H and O–H groups in total. The minimum Gasteiger partial charge on any atom is -0.478 e. The number of aromatic carboxylic acids is 1. The number of carbonyl (C=O) groups is 1. The summed E-state index contributed by atoms with van der Waals surface area (Å²) in [5.74, 6) is -1.59. The summed E-state index contributed by atoms with van der Waals surface area (Å²) in [7, 11) is -2.28. The second kappa shape index (κ2) is 8.03. The van der Waals surface area contributed by atoms with Crippen molar-refractivity contribution >= 4 is 39.0 Å². The van der Waals surface area contributed by atoms with Gasteiger partial charge in [0.1, 0.15) is 10.7 Å². The molecule has 3 aromatic rings. The summed E-state index contributed by atoms with van der Waals surface area (Å²) in [5, 5.41) is 9.62. The van der Waals surface area contributed by atoms with E-state index in [4.69, 9.17) is 11.6 Å². The molecule has 0 saturated heterocycles. The van der Waals surface area contributed by atoms with Gasteiger partial charge in [-0.05, 0) is 72.6 Å². The third-order valence-electron chi connectivity index (χ3n) is 8.16. The van der Waals surface area contributed by atoms with Gasteiger partial charge in [0.05, 0.1) is 16.3 Å². The lowest BCUT2D eigenvalue weighted by Crippen LogP contribution is -2.65. The largest absolute Gasteiger partial charge is 0.478 e. The van der Waals surface area contributed by atoms with Crippen LogP contribution in [-0.4, -0.2) is 43.4 Å². The van der Waals surface area contributed by atoms with Crippen molar-refractivity contribution in [1.82, 2.24) is 4.31 Å². The number of halogens is 2. The van der Waals surface area contributed by atoms with Gasteiger partial charge >= 0.3 is 5.97 Å². The van der Waals surface area contributed by atoms with Gasteiger partial charge < -0.3 is 10.0 Å². The van der Waals surface area contributed by atoms with Crippen molar-refractivity contribution in [2.24, 2.45) is 11.3 Å². The zero-order valence-electron chi connectivity index (χ0n) is 19.5. The van der Waals surface area contributed by atoms with Gasteiger partial charge in [-0.15, -0.1) is 0 Å². The molecule has 7 rings (SSSR count). The lowest BCUT2D eigenvalue weighted by Gasteiger charge is -2.66. The quantitative estimate of drug-likeness (QED) is 0.466. The number of anilines is 2. The molecule has 4 aliphatic rings. The number of likely N-dealkylation sites (N-methyl/N-ethyl adjacent to an activating group) is 1. The number of hydrogen-bond acceptors (Lipinski definition) is 4. The number of hydrogen-bond donors (Lipinski definition) is 1. The number of nitrogens with zero attached hydrogens (tertiary/aromatic N) is 2. The van der Waals surface area contributed by atoms with Crippen LogP contribution in [-0.2, 0) is 10.0 Å². The lowest BCUT2D eigenvalue weighted by atomic mass is 9.41. The molecule has 1 heterocycles. The maximum atomic E-state index is 14.1. The van der Waals surface area contributed by atoms with Crippen molar-refractivity contribution in [3.8, 4) is 11.1 Å². The highest BCUT2D eigenvalue weighted by Gasteiger charge is 2.63. The predicted octanol–water partition coefficient (Wildman–Crippen LogP) is 5.79. The Bertz CT molecular complexity index is 1490. The molecule has 1 aliphatic heterocycles. The van der Waals surface area contributed by atoms with Gasteiger partial charge in [-0.2, -0.15) is 4.31 Å². The molecule has 0 radical (unpaired) electrons. The van der Waals surface area contributed by atoms with Gasteiger partial charge in [-0.1, -0.05) is 35.9 Å². The molecule has 0 amide bonds. The second-order valence-corrected chi connectivity index (χ2v) is 12.5. The molecule has 3 aromatic carbocycles. The average molecular weight is 527 g/mol. The van der Waals surface area contributed by atoms with Gasteiger partial charge in [0.2, 0.25) is 10.0 Å². The minimum absolute atomic E-state index is 0.0124. The molecule has 9 heteroatoms. The van der Waals surface area contributed by atoms with E-state index in [2.05, 4.69) is 0 Å². The Morgan fingerprint density at radius 1 is 1.08 bits per heavy atom. The Kier molecular flexibility index (Phi) is 5.23. The first-order valence-corrected chi connectivity index (χ1v) is 13.6. The van der Waals surface area contributed by atoms with E-state index in [9.17, 15) is 22.7 Å². The molecule has 1 unspecified atom stereocenters. The van der Waals surface area contributed by atoms with Crippen LogP contribution in [0.3, 0.4) is 0 Å². The lowest BCUT2D eigenvalue weighted by molar-refractivity contribution is -0.143. The van der Waals surface area contributed by atoms with Gasteiger partial charge in [0.25, 0.3) is 0 Å². The maximum absolute atomic E-state index is 14.1. The fourth-order valence-electron chi connectivity index (χ4n) is 6.13. The Morgan fingerprint density at radius 3 is 2.39 bits per heavy atom. The summed E-state index contributed by atoms with van der Waals surface area (Å²) in [6.45, 7) is 0.495. The number of carboxylic acid groups (broad SMARTS) is 1. The van der Waals surface area contributed by atoms with Crippen molar-refractivity contribution in [2.45, 2.75) is 30.2 Å². The van der Waals surface area contributed by atoms with E-state index in [1.165, 1.54) is 22.5 Å². The van der Waals surface area contributed by atoms with E-state index in [1.807, 2.05) is 35.2 Å². The molecular weight excluding hydrogens is 503 g/mol. The molecule has 3 fully saturated rings. The number of benzene rings is 3. The zero-order chi connectivity index (χ0) is 25.4. The summed E-state index contributed by atoms with van der Waals surface area (Å²) >= 11 is 6.70. The third-order valence-corrected chi connectivity index (χ3v) is 10.4. The standard InChI is InChI=1S/C27H24ClFN2O4S/c1-30-25(27-12-16(13-27)14-27)15-31(18-5-3-2-4-6-18)23-11-21(28)19(10-24(23)36(30,34)35)17-7-8-22(29)20(9-17)26(32)33/h2-11,16,25H,12-15H2,1H3,(H,32,33). The molecule has 186 valence electrons. The first kappa shape index (κ1) is 23.5. The van der Waals surface area contributed by atoms with Crippen LogP contribution in [0.1, 0.15) is 29.6 Å². The topological polar surface area (TPSA) is 77.9 Å². The number of carboxylic acids is 1. The van der Waals surface area contributed by atoms with Crippen molar-refractivity contribution < 1.29 is 22.7 Å². The highest BCUT2D eigenvalue weighted by molar-refractivity contribution is 7.89. The summed E-state index contributed by atoms with van der Waals surface area (Å²) < 4.78 is 43.6. The number of para-hydroxylation sites is 1. The summed E-state index contributed by atoms with van der Waals surface area (Å²) in [4.78, 5) is 13.6. The van der Waals surface area contributed by atoms with Gasteiger partial charge in [0.15, 0.2) is 0 Å². The summed E-state index contributed by atoms with van der Waals surface area (Å²) in [5.41, 5.74) is 1.46. The Hall–Kier alpha value is -2.94. The molecule has 0 aromatic heterocycles. The number of sulfonamides is 1. The predicted molar refractivity (Wildman–Crippen MR) is 136 cm³/mol. The molecule has 2 bridgehead atoms. The van der Waals surface area contributed by atoms with Crippen LogP contribution in [0.25, 0.3) is 11.1 Å². The maximum Gasteiger partial charge on any atom is 0.338 e. The van der Waals surface area contributed by atoms with E-state index in [-0.39, 0.29) is 21.4 Å². The minimum atomic E-state index is -3.92. The fourth-order valence-corrected chi connectivity index (χ4v) is 8.04.